The number of benzene rings is 3. The monoisotopic (exact) mass is 950 g/mol. The molecule has 1 N–H and O–H groups in total. The maximum atomic E-state index is 15.3. The Morgan fingerprint density at radius 2 is 0.683 bits per heavy atom. The van der Waals surface area contributed by atoms with Gasteiger partial charge < -0.3 is 22.2 Å². The molecule has 60 heavy (non-hydrogen) atoms. The molecule has 0 aromatic heterocycles. The average Bonchev–Trinajstić information content (AvgIpc) is 3.14. The van der Waals surface area contributed by atoms with E-state index in [1.165, 1.54) is 13.8 Å². The van der Waals surface area contributed by atoms with Crippen molar-refractivity contribution in [3.8, 4) is 0 Å². The van der Waals surface area contributed by atoms with Crippen LogP contribution in [-0.4, -0.2) is 57.4 Å². The van der Waals surface area contributed by atoms with Crippen molar-refractivity contribution in [2.45, 2.75) is 59.6 Å². The number of ether oxygens (including phenoxy) is 1. The zero-order valence-corrected chi connectivity index (χ0v) is 36.4. The molecule has 0 saturated heterocycles. The highest BCUT2D eigenvalue weighted by Crippen LogP contribution is 2.35. The van der Waals surface area contributed by atoms with Crippen LogP contribution in [0.5, 0.6) is 0 Å². The van der Waals surface area contributed by atoms with Crippen LogP contribution in [0.15, 0.2) is 23.9 Å². The zero-order chi connectivity index (χ0) is 46.9. The first kappa shape index (κ1) is 51.9. The summed E-state index contributed by atoms with van der Waals surface area (Å²) in [5, 5.41) is 1.37. The quantitative estimate of drug-likeness (QED) is 0.0437. The molecule has 7 nitrogen and oxygen atoms in total. The Labute approximate surface area is 335 Å². The minimum absolute atomic E-state index is 0.0382. The van der Waals surface area contributed by atoms with E-state index in [1.807, 2.05) is 0 Å². The lowest BCUT2D eigenvalue weighted by Gasteiger charge is -2.45. The number of esters is 1. The molecular weight excluding hydrogens is 918 g/mol. The lowest BCUT2D eigenvalue weighted by molar-refractivity contribution is -0.138. The summed E-state index contributed by atoms with van der Waals surface area (Å²) in [7, 11) is -21.7. The Morgan fingerprint density at radius 3 is 0.867 bits per heavy atom. The fraction of sp³-hybridized carbons (Fsp3) is 0.294. The van der Waals surface area contributed by atoms with Gasteiger partial charge in [0, 0.05) is 21.1 Å². The van der Waals surface area contributed by atoms with E-state index >= 15 is 26.3 Å². The summed E-state index contributed by atoms with van der Waals surface area (Å²) >= 11 is 0. The van der Waals surface area contributed by atoms with Gasteiger partial charge in [-0.1, -0.05) is 20.1 Å². The zero-order valence-electron chi connectivity index (χ0n) is 32.4. The standard InChI is InChI=1S/C30H27F15O5Si4.C4H6O2/c1-9-10-47-30(46)11(2)54(48-51(3,4)27-21(40)15(34)12(31)16(35)22(27)41,49-52(5,6)28-23(42)17(36)13(32)18(37)24(28)43)50-53(7,8)29-25(44)19(38)14(33)20(39)26(29)45;1-3(2)4(5)6/h2,9-10H2,1,3-8H3;1H2,2H3,(H,5,6). The van der Waals surface area contributed by atoms with Gasteiger partial charge in [0.2, 0.25) is 42.4 Å². The van der Waals surface area contributed by atoms with Crippen molar-refractivity contribution < 1.29 is 97.6 Å². The van der Waals surface area contributed by atoms with Gasteiger partial charge in [-0.2, -0.15) is 0 Å². The van der Waals surface area contributed by atoms with E-state index in [4.69, 9.17) is 22.2 Å². The van der Waals surface area contributed by atoms with Crippen molar-refractivity contribution in [3.05, 3.63) is 111 Å². The summed E-state index contributed by atoms with van der Waals surface area (Å²) in [4.78, 5) is 23.0. The largest absolute Gasteiger partial charge is 0.513 e. The molecule has 0 bridgehead atoms. The van der Waals surface area contributed by atoms with Crippen molar-refractivity contribution in [3.63, 3.8) is 0 Å². The molecule has 0 saturated carbocycles. The molecule has 0 aliphatic heterocycles. The summed E-state index contributed by atoms with van der Waals surface area (Å²) in [6.07, 6.45) is 0.0382. The summed E-state index contributed by atoms with van der Waals surface area (Å²) < 4.78 is 243. The Morgan fingerprint density at radius 1 is 0.483 bits per heavy atom. The molecule has 3 aromatic carbocycles. The maximum Gasteiger partial charge on any atom is 0.513 e. The van der Waals surface area contributed by atoms with Crippen LogP contribution in [0.3, 0.4) is 0 Å². The Bertz CT molecular complexity index is 1950. The molecule has 0 heterocycles. The van der Waals surface area contributed by atoms with Gasteiger partial charge in [0.25, 0.3) is 0 Å². The lowest BCUT2D eigenvalue weighted by atomic mass is 10.3. The topological polar surface area (TPSA) is 91.3 Å². The molecule has 0 unspecified atom stereocenters. The number of halogens is 15. The van der Waals surface area contributed by atoms with Crippen molar-refractivity contribution >= 4 is 61.3 Å². The molecule has 3 rings (SSSR count). The smallest absolute Gasteiger partial charge is 0.478 e. The second-order valence-electron chi connectivity index (χ2n) is 13.9. The minimum atomic E-state index is -6.25. The molecule has 0 fully saturated rings. The number of hydrogen-bond donors (Lipinski definition) is 1. The van der Waals surface area contributed by atoms with E-state index in [9.17, 15) is 49.1 Å². The third-order valence-corrected chi connectivity index (χ3v) is 23.2. The first-order chi connectivity index (χ1) is 27.2. The second kappa shape index (κ2) is 18.8. The molecule has 0 spiro atoms. The highest BCUT2D eigenvalue weighted by molar-refractivity contribution is 7.01. The molecule has 332 valence electrons. The van der Waals surface area contributed by atoms with Gasteiger partial charge in [-0.15, -0.1) is 0 Å². The lowest BCUT2D eigenvalue weighted by Crippen LogP contribution is -2.71. The van der Waals surface area contributed by atoms with Crippen LogP contribution in [-0.2, 0) is 26.7 Å². The third kappa shape index (κ3) is 10.1. The second-order valence-corrected chi connectivity index (χ2v) is 28.7. The SMILES string of the molecule is C=C(C(=O)OCCC)[Si](O[Si](C)(C)c1c(F)c(F)c(F)c(F)c1F)(O[Si](C)(C)c1c(F)c(F)c(F)c(F)c1F)O[Si](C)(C)c1c(F)c(F)c(F)c(F)c1F.C=C(C)C(=O)O. The fourth-order valence-electron chi connectivity index (χ4n) is 5.22. The van der Waals surface area contributed by atoms with Gasteiger partial charge >= 0.3 is 20.7 Å². The number of rotatable bonds is 14. The highest BCUT2D eigenvalue weighted by Gasteiger charge is 2.61. The molecule has 0 atom stereocenters. The number of carboxylic acids is 1. The summed E-state index contributed by atoms with van der Waals surface area (Å²) in [6.45, 7) is 13.0. The van der Waals surface area contributed by atoms with Crippen LogP contribution in [0.4, 0.5) is 65.9 Å². The molecule has 26 heteroatoms. The van der Waals surface area contributed by atoms with Crippen molar-refractivity contribution in [1.82, 2.24) is 0 Å². The van der Waals surface area contributed by atoms with Crippen molar-refractivity contribution in [2.24, 2.45) is 0 Å². The highest BCUT2D eigenvalue weighted by atomic mass is 28.5. The predicted molar refractivity (Wildman–Crippen MR) is 192 cm³/mol. The van der Waals surface area contributed by atoms with Gasteiger partial charge in [-0.25, -0.2) is 75.4 Å². The van der Waals surface area contributed by atoms with E-state index in [2.05, 4.69) is 13.2 Å². The first-order valence-electron chi connectivity index (χ1n) is 16.6. The van der Waals surface area contributed by atoms with Gasteiger partial charge in [0.05, 0.1) is 11.8 Å². The molecular formula is C34H33F15O7Si4. The van der Waals surface area contributed by atoms with E-state index in [1.54, 1.807) is 0 Å². The number of carbonyl (C=O) groups is 2. The summed E-state index contributed by atoms with van der Waals surface area (Å²) in [5.41, 5.74) is 0.176. The molecule has 0 radical (unpaired) electrons. The van der Waals surface area contributed by atoms with Crippen LogP contribution >= 0.6 is 0 Å². The minimum Gasteiger partial charge on any atom is -0.478 e. The Hall–Kier alpha value is -4.22. The van der Waals surface area contributed by atoms with Gasteiger partial charge in [-0.3, -0.25) is 0 Å². The van der Waals surface area contributed by atoms with Crippen LogP contribution < -0.4 is 15.6 Å². The number of aliphatic carboxylic acids is 1. The van der Waals surface area contributed by atoms with E-state index in [0.717, 1.165) is 0 Å². The van der Waals surface area contributed by atoms with Crippen LogP contribution in [0.25, 0.3) is 0 Å². The van der Waals surface area contributed by atoms with Crippen LogP contribution in [0, 0.1) is 87.3 Å². The number of carboxylic acid groups (broad SMARTS) is 1. The summed E-state index contributed by atoms with van der Waals surface area (Å²) in [6, 6.07) is 0. The fourth-order valence-corrected chi connectivity index (χ4v) is 21.8. The van der Waals surface area contributed by atoms with Crippen molar-refractivity contribution in [2.75, 3.05) is 6.61 Å². The van der Waals surface area contributed by atoms with E-state index < -0.39 is 160 Å². The first-order valence-corrected chi connectivity index (χ1v) is 27.0. The van der Waals surface area contributed by atoms with Crippen molar-refractivity contribution in [1.29, 1.82) is 0 Å². The Balaban J connectivity index is 0.00000192. The average molecular weight is 951 g/mol. The molecule has 0 aliphatic rings. The van der Waals surface area contributed by atoms with Gasteiger partial charge in [-0.05, 0) is 52.6 Å². The predicted octanol–water partition coefficient (Wildman–Crippen LogP) is 8.09. The Kier molecular flexibility index (Phi) is 16.3. The molecule has 3 aromatic rings. The van der Waals surface area contributed by atoms with Gasteiger partial charge in [0.1, 0.15) is 0 Å². The van der Waals surface area contributed by atoms with Crippen LogP contribution in [0.1, 0.15) is 20.3 Å². The maximum absolute atomic E-state index is 15.3. The van der Waals surface area contributed by atoms with E-state index in [-0.39, 0.29) is 12.0 Å². The van der Waals surface area contributed by atoms with Gasteiger partial charge in [0.15, 0.2) is 69.8 Å². The normalized spacial score (nSPS) is 12.2. The third-order valence-electron chi connectivity index (χ3n) is 8.02. The van der Waals surface area contributed by atoms with Crippen LogP contribution in [0.2, 0.25) is 39.3 Å². The number of hydrogen-bond acceptors (Lipinski definition) is 6. The molecule has 0 amide bonds. The van der Waals surface area contributed by atoms with E-state index in [0.29, 0.717) is 39.3 Å². The molecule has 0 aliphatic carbocycles. The number of carbonyl (C=O) groups excluding carboxylic acids is 1. The summed E-state index contributed by atoms with van der Waals surface area (Å²) in [5.74, 6) is -40.9.